The molecular formula is C9H8Cl2F3N5. The van der Waals surface area contributed by atoms with Gasteiger partial charge in [0.05, 0.1) is 21.3 Å². The van der Waals surface area contributed by atoms with Crippen LogP contribution >= 0.6 is 23.2 Å². The average Bonchev–Trinajstić information content (AvgIpc) is 2.20. The lowest BCUT2D eigenvalue weighted by atomic mass is 10.2. The first-order valence-corrected chi connectivity index (χ1v) is 5.37. The summed E-state index contributed by atoms with van der Waals surface area (Å²) in [5.74, 6) is -0.788. The molecule has 6 N–H and O–H groups in total. The second-order valence-electron chi connectivity index (χ2n) is 3.29. The molecule has 0 unspecified atom stereocenters. The molecule has 19 heavy (non-hydrogen) atoms. The Bertz CT molecular complexity index is 550. The molecule has 104 valence electrons. The van der Waals surface area contributed by atoms with Gasteiger partial charge in [0.25, 0.3) is 0 Å². The molecule has 5 nitrogen and oxygen atoms in total. The van der Waals surface area contributed by atoms with Gasteiger partial charge in [0, 0.05) is 0 Å². The molecule has 0 bridgehead atoms. The Hall–Kier alpha value is -1.67. The van der Waals surface area contributed by atoms with Gasteiger partial charge in [-0.1, -0.05) is 23.2 Å². The van der Waals surface area contributed by atoms with Crippen LogP contribution in [0.3, 0.4) is 0 Å². The van der Waals surface area contributed by atoms with Crippen LogP contribution < -0.4 is 17.2 Å². The summed E-state index contributed by atoms with van der Waals surface area (Å²) in [7, 11) is 0. The lowest BCUT2D eigenvalue weighted by Crippen LogP contribution is -2.26. The van der Waals surface area contributed by atoms with Crippen molar-refractivity contribution in [3.05, 3.63) is 27.7 Å². The van der Waals surface area contributed by atoms with Gasteiger partial charge in [0.1, 0.15) is 0 Å². The van der Waals surface area contributed by atoms with Gasteiger partial charge >= 0.3 is 6.18 Å². The van der Waals surface area contributed by atoms with Gasteiger partial charge in [-0.15, -0.1) is 0 Å². The number of rotatable bonds is 1. The number of halogens is 5. The minimum atomic E-state index is -4.67. The largest absolute Gasteiger partial charge is 0.417 e. The summed E-state index contributed by atoms with van der Waals surface area (Å²) >= 11 is 11.1. The summed E-state index contributed by atoms with van der Waals surface area (Å²) in [6, 6.07) is 1.79. The van der Waals surface area contributed by atoms with E-state index in [-0.39, 0.29) is 16.7 Å². The highest BCUT2D eigenvalue weighted by atomic mass is 35.5. The highest BCUT2D eigenvalue weighted by Gasteiger charge is 2.34. The van der Waals surface area contributed by atoms with Crippen molar-refractivity contribution in [2.45, 2.75) is 6.18 Å². The Balaban J connectivity index is 3.33. The molecule has 0 saturated heterocycles. The number of guanidine groups is 2. The normalized spacial score (nSPS) is 12.4. The summed E-state index contributed by atoms with van der Waals surface area (Å²) in [6.45, 7) is 0. The minimum absolute atomic E-state index is 0.177. The highest BCUT2D eigenvalue weighted by Crippen LogP contribution is 2.40. The van der Waals surface area contributed by atoms with Crippen LogP contribution in [0, 0.1) is 0 Å². The lowest BCUT2D eigenvalue weighted by Gasteiger charge is -2.10. The van der Waals surface area contributed by atoms with Crippen LogP contribution in [0.1, 0.15) is 5.56 Å². The molecule has 1 aromatic rings. The molecule has 0 spiro atoms. The van der Waals surface area contributed by atoms with Crippen molar-refractivity contribution in [2.24, 2.45) is 27.2 Å². The third-order valence-electron chi connectivity index (χ3n) is 1.81. The van der Waals surface area contributed by atoms with Crippen LogP contribution in [0.4, 0.5) is 18.9 Å². The van der Waals surface area contributed by atoms with E-state index in [4.69, 9.17) is 40.4 Å². The van der Waals surface area contributed by atoms with E-state index in [1.54, 1.807) is 0 Å². The van der Waals surface area contributed by atoms with Gasteiger partial charge in [-0.3, -0.25) is 0 Å². The van der Waals surface area contributed by atoms with Crippen molar-refractivity contribution in [3.63, 3.8) is 0 Å². The van der Waals surface area contributed by atoms with E-state index in [0.717, 1.165) is 6.07 Å². The van der Waals surface area contributed by atoms with E-state index in [0.29, 0.717) is 6.07 Å². The fourth-order valence-corrected chi connectivity index (χ4v) is 1.56. The van der Waals surface area contributed by atoms with Crippen LogP contribution in [0.25, 0.3) is 0 Å². The van der Waals surface area contributed by atoms with Crippen molar-refractivity contribution in [2.75, 3.05) is 0 Å². The summed E-state index contributed by atoms with van der Waals surface area (Å²) < 4.78 is 38.0. The first-order valence-electron chi connectivity index (χ1n) is 4.61. The van der Waals surface area contributed by atoms with Gasteiger partial charge in [-0.05, 0) is 12.1 Å². The summed E-state index contributed by atoms with van der Waals surface area (Å²) in [5, 5.41) is -0.929. The predicted molar refractivity (Wildman–Crippen MR) is 68.6 cm³/mol. The Morgan fingerprint density at radius 2 is 1.68 bits per heavy atom. The number of hydrogen-bond acceptors (Lipinski definition) is 1. The van der Waals surface area contributed by atoms with Crippen LogP contribution in [-0.4, -0.2) is 11.9 Å². The van der Waals surface area contributed by atoms with Crippen LogP contribution in [0.5, 0.6) is 0 Å². The quantitative estimate of drug-likeness (QED) is 0.547. The number of hydrogen-bond donors (Lipinski definition) is 3. The standard InChI is InChI=1S/C9H8Cl2F3N5/c10-5-2-3(18-8(17)19-7(15)16)1-4(6(5)11)9(12,13)14/h1-2H,(H6,15,16,17,18,19). The maximum absolute atomic E-state index is 12.7. The van der Waals surface area contributed by atoms with E-state index in [1.165, 1.54) is 0 Å². The topological polar surface area (TPSA) is 103 Å². The number of alkyl halides is 3. The van der Waals surface area contributed by atoms with Crippen molar-refractivity contribution < 1.29 is 13.2 Å². The monoisotopic (exact) mass is 313 g/mol. The van der Waals surface area contributed by atoms with E-state index in [9.17, 15) is 13.2 Å². The van der Waals surface area contributed by atoms with Crippen LogP contribution in [0.2, 0.25) is 10.0 Å². The molecular weight excluding hydrogens is 306 g/mol. The summed E-state index contributed by atoms with van der Waals surface area (Å²) in [6.07, 6.45) is -4.67. The third-order valence-corrected chi connectivity index (χ3v) is 2.61. The zero-order chi connectivity index (χ0) is 14.8. The number of aliphatic imine (C=N–C) groups is 2. The Labute approximate surface area is 115 Å². The van der Waals surface area contributed by atoms with Crippen molar-refractivity contribution in [1.82, 2.24) is 0 Å². The molecule has 0 saturated carbocycles. The van der Waals surface area contributed by atoms with Crippen LogP contribution in [0.15, 0.2) is 22.1 Å². The molecule has 0 aromatic heterocycles. The summed E-state index contributed by atoms with van der Waals surface area (Å²) in [5.41, 5.74) is 14.1. The van der Waals surface area contributed by atoms with E-state index >= 15 is 0 Å². The molecule has 0 heterocycles. The van der Waals surface area contributed by atoms with Gasteiger partial charge in [-0.25, -0.2) is 4.99 Å². The maximum atomic E-state index is 12.7. The van der Waals surface area contributed by atoms with E-state index < -0.39 is 22.7 Å². The molecule has 0 fully saturated rings. The molecule has 0 radical (unpaired) electrons. The predicted octanol–water partition coefficient (Wildman–Crippen LogP) is 2.23. The molecule has 1 aromatic carbocycles. The second kappa shape index (κ2) is 5.54. The first kappa shape index (κ1) is 15.4. The maximum Gasteiger partial charge on any atom is 0.417 e. The fourth-order valence-electron chi connectivity index (χ4n) is 1.14. The smallest absolute Gasteiger partial charge is 0.370 e. The molecule has 0 aliphatic heterocycles. The molecule has 0 atom stereocenters. The molecule has 0 aliphatic carbocycles. The average molecular weight is 314 g/mol. The lowest BCUT2D eigenvalue weighted by molar-refractivity contribution is -0.137. The highest BCUT2D eigenvalue weighted by molar-refractivity contribution is 6.42. The Kier molecular flexibility index (Phi) is 4.48. The zero-order valence-corrected chi connectivity index (χ0v) is 10.7. The SMILES string of the molecule is NC(N)=NC(N)=Nc1cc(Cl)c(Cl)c(C(F)(F)F)c1. The van der Waals surface area contributed by atoms with Gasteiger partial charge < -0.3 is 17.2 Å². The fraction of sp³-hybridized carbons (Fsp3) is 0.111. The van der Waals surface area contributed by atoms with Crippen molar-refractivity contribution >= 4 is 40.8 Å². The zero-order valence-electron chi connectivity index (χ0n) is 9.17. The third kappa shape index (κ3) is 4.18. The van der Waals surface area contributed by atoms with Crippen molar-refractivity contribution in [1.29, 1.82) is 0 Å². The summed E-state index contributed by atoms with van der Waals surface area (Å²) in [4.78, 5) is 6.94. The molecule has 1 rings (SSSR count). The van der Waals surface area contributed by atoms with Gasteiger partial charge in [0.2, 0.25) is 5.96 Å². The Morgan fingerprint density at radius 1 is 1.11 bits per heavy atom. The number of benzene rings is 1. The van der Waals surface area contributed by atoms with E-state index in [1.807, 2.05) is 0 Å². The number of nitrogens with two attached hydrogens (primary N) is 3. The van der Waals surface area contributed by atoms with Crippen molar-refractivity contribution in [3.8, 4) is 0 Å². The second-order valence-corrected chi connectivity index (χ2v) is 4.08. The number of nitrogens with zero attached hydrogens (tertiary/aromatic N) is 2. The first-order chi connectivity index (χ1) is 8.61. The van der Waals surface area contributed by atoms with E-state index in [2.05, 4.69) is 9.98 Å². The molecule has 0 aliphatic rings. The molecule has 10 heteroatoms. The Morgan fingerprint density at radius 3 is 2.16 bits per heavy atom. The van der Waals surface area contributed by atoms with Crippen LogP contribution in [-0.2, 0) is 6.18 Å². The minimum Gasteiger partial charge on any atom is -0.370 e. The van der Waals surface area contributed by atoms with Gasteiger partial charge in [-0.2, -0.15) is 18.2 Å². The molecule has 0 amide bonds. The van der Waals surface area contributed by atoms with Gasteiger partial charge in [0.15, 0.2) is 5.96 Å².